The quantitative estimate of drug-likeness (QED) is 0.168. The zero-order valence-corrected chi connectivity index (χ0v) is 29.4. The number of β-lactam (4-membered cyclic amide) rings is 1. The zero-order valence-electron chi connectivity index (χ0n) is 27.7. The van der Waals surface area contributed by atoms with Crippen LogP contribution in [-0.4, -0.2) is 106 Å². The van der Waals surface area contributed by atoms with Gasteiger partial charge in [0.05, 0.1) is 17.6 Å². The molecule has 1 aliphatic carbocycles. The molecule has 2 aromatic heterocycles. The molecule has 4 aliphatic rings. The average Bonchev–Trinajstić information content (AvgIpc) is 3.86. The molecule has 0 radical (unpaired) electrons. The number of anilines is 1. The van der Waals surface area contributed by atoms with Gasteiger partial charge in [-0.25, -0.2) is 18.8 Å². The monoisotopic (exact) mass is 751 g/mol. The lowest BCUT2D eigenvalue weighted by atomic mass is 10.0. The van der Waals surface area contributed by atoms with Gasteiger partial charge in [-0.3, -0.25) is 19.3 Å². The van der Waals surface area contributed by atoms with Crippen molar-refractivity contribution in [1.29, 1.82) is 0 Å². The SMILES string of the molecule is C=CCOC(=O)N1CCN(c2cc3c(cc2F)c(=O)c(C(=O)OCC2=C(C(=O)O)N4C(=O)[C@@H](NC(=O)Cc5cccs5)[C@H]4SC2)cn3C2CC2)CC1. The Morgan fingerprint density at radius 2 is 1.87 bits per heavy atom. The smallest absolute Gasteiger partial charge is 0.410 e. The van der Waals surface area contributed by atoms with Crippen molar-refractivity contribution < 1.29 is 42.9 Å². The summed E-state index contributed by atoms with van der Waals surface area (Å²) < 4.78 is 28.0. The molecule has 0 spiro atoms. The highest BCUT2D eigenvalue weighted by Gasteiger charge is 2.54. The lowest BCUT2D eigenvalue weighted by molar-refractivity contribution is -0.150. The number of ether oxygens (including phenoxy) is 2. The largest absolute Gasteiger partial charge is 0.477 e. The number of rotatable bonds is 11. The highest BCUT2D eigenvalue weighted by Crippen LogP contribution is 2.41. The number of halogens is 1. The minimum absolute atomic E-state index is 0.00548. The van der Waals surface area contributed by atoms with Crippen LogP contribution in [0.1, 0.15) is 34.1 Å². The van der Waals surface area contributed by atoms with Crippen molar-refractivity contribution in [2.24, 2.45) is 0 Å². The van der Waals surface area contributed by atoms with Crippen LogP contribution in [0, 0.1) is 5.82 Å². The molecular weight excluding hydrogens is 718 g/mol. The van der Waals surface area contributed by atoms with Crippen molar-refractivity contribution >= 4 is 69.5 Å². The van der Waals surface area contributed by atoms with Crippen molar-refractivity contribution in [2.75, 3.05) is 50.0 Å². The molecule has 1 aromatic carbocycles. The van der Waals surface area contributed by atoms with Crippen LogP contribution < -0.4 is 15.6 Å². The Balaban J connectivity index is 1.07. The molecule has 2 atom stereocenters. The normalized spacial score (nSPS) is 19.9. The maximum Gasteiger partial charge on any atom is 0.410 e. The van der Waals surface area contributed by atoms with Crippen molar-refractivity contribution in [3.8, 4) is 0 Å². The first-order valence-electron chi connectivity index (χ1n) is 16.6. The van der Waals surface area contributed by atoms with Gasteiger partial charge in [-0.2, -0.15) is 0 Å². The number of thiophene rings is 1. The Bertz CT molecular complexity index is 2070. The first-order valence-corrected chi connectivity index (χ1v) is 18.5. The summed E-state index contributed by atoms with van der Waals surface area (Å²) in [6.45, 7) is 4.42. The third-order valence-electron chi connectivity index (χ3n) is 9.32. The molecule has 2 saturated heterocycles. The topological polar surface area (TPSA) is 168 Å². The lowest BCUT2D eigenvalue weighted by Crippen LogP contribution is -2.70. The second-order valence-electron chi connectivity index (χ2n) is 12.7. The molecule has 7 rings (SSSR count). The number of carboxylic acids is 1. The Kier molecular flexibility index (Phi) is 9.80. The number of piperazine rings is 1. The van der Waals surface area contributed by atoms with Gasteiger partial charge >= 0.3 is 18.0 Å². The fourth-order valence-electron chi connectivity index (χ4n) is 6.57. The minimum atomic E-state index is -1.39. The Labute approximate surface area is 304 Å². The van der Waals surface area contributed by atoms with E-state index in [1.165, 1.54) is 40.3 Å². The number of carbonyl (C=O) groups is 5. The van der Waals surface area contributed by atoms with Gasteiger partial charge in [-0.05, 0) is 36.4 Å². The molecule has 0 unspecified atom stereocenters. The number of carboxylic acid groups (broad SMARTS) is 1. The number of hydrogen-bond donors (Lipinski definition) is 2. The van der Waals surface area contributed by atoms with Gasteiger partial charge < -0.3 is 34.3 Å². The number of amides is 3. The average molecular weight is 752 g/mol. The summed E-state index contributed by atoms with van der Waals surface area (Å²) in [4.78, 5) is 82.4. The fraction of sp³-hybridized carbons (Fsp3) is 0.371. The molecule has 272 valence electrons. The Morgan fingerprint density at radius 1 is 1.10 bits per heavy atom. The molecule has 3 aliphatic heterocycles. The number of pyridine rings is 1. The second-order valence-corrected chi connectivity index (χ2v) is 14.9. The van der Waals surface area contributed by atoms with Gasteiger partial charge in [0.1, 0.15) is 41.7 Å². The molecule has 17 heteroatoms. The van der Waals surface area contributed by atoms with E-state index < -0.39 is 53.2 Å². The van der Waals surface area contributed by atoms with E-state index in [0.29, 0.717) is 31.7 Å². The predicted molar refractivity (Wildman–Crippen MR) is 190 cm³/mol. The number of hydrogen-bond acceptors (Lipinski definition) is 11. The third kappa shape index (κ3) is 6.77. The Hall–Kier alpha value is -5.16. The van der Waals surface area contributed by atoms with Gasteiger partial charge in [-0.1, -0.05) is 18.7 Å². The number of thioether (sulfide) groups is 1. The molecule has 0 bridgehead atoms. The number of aliphatic carboxylic acids is 1. The molecule has 3 amide bonds. The maximum absolute atomic E-state index is 15.6. The van der Waals surface area contributed by atoms with E-state index in [2.05, 4.69) is 11.9 Å². The summed E-state index contributed by atoms with van der Waals surface area (Å²) in [5.41, 5.74) is -0.517. The summed E-state index contributed by atoms with van der Waals surface area (Å²) in [5, 5.41) is 13.9. The molecular formula is C35H34FN5O9S2. The molecule has 1 saturated carbocycles. The number of esters is 1. The standard InChI is InChI=1S/C35H34FN5O9S2/c1-2-11-49-35(48)39-9-7-38(8-10-39)26-15-25-22(14-24(26)36)30(43)23(16-40(25)20-5-6-20)34(47)50-17-19-18-52-32-28(31(44)41(32)29(19)33(45)46)37-27(42)13-21-4-3-12-51-21/h2-4,12,14-16,20,28,32H,1,5-11,13,17-18H2,(H,37,42)(H,45,46)/t28-,32-/m1/s1. The van der Waals surface area contributed by atoms with Crippen LogP contribution in [0.25, 0.3) is 10.9 Å². The van der Waals surface area contributed by atoms with E-state index in [-0.39, 0.29) is 58.6 Å². The van der Waals surface area contributed by atoms with E-state index in [9.17, 15) is 33.9 Å². The van der Waals surface area contributed by atoms with Gasteiger partial charge in [0.25, 0.3) is 5.91 Å². The molecule has 2 N–H and O–H groups in total. The number of carbonyl (C=O) groups excluding carboxylic acids is 4. The molecule has 14 nitrogen and oxygen atoms in total. The van der Waals surface area contributed by atoms with E-state index in [4.69, 9.17) is 9.47 Å². The van der Waals surface area contributed by atoms with Crippen LogP contribution in [-0.2, 0) is 30.3 Å². The molecule has 52 heavy (non-hydrogen) atoms. The minimum Gasteiger partial charge on any atom is -0.477 e. The van der Waals surface area contributed by atoms with E-state index in [1.54, 1.807) is 21.6 Å². The first kappa shape index (κ1) is 35.3. The van der Waals surface area contributed by atoms with Gasteiger partial charge in [0.2, 0.25) is 11.3 Å². The van der Waals surface area contributed by atoms with Crippen molar-refractivity contribution in [2.45, 2.75) is 36.7 Å². The van der Waals surface area contributed by atoms with Crippen LogP contribution in [0.3, 0.4) is 0 Å². The van der Waals surface area contributed by atoms with Crippen LogP contribution in [0.4, 0.5) is 14.9 Å². The summed E-state index contributed by atoms with van der Waals surface area (Å²) in [5.74, 6) is -3.91. The van der Waals surface area contributed by atoms with Crippen LogP contribution in [0.5, 0.6) is 0 Å². The summed E-state index contributed by atoms with van der Waals surface area (Å²) >= 11 is 2.64. The Morgan fingerprint density at radius 3 is 2.54 bits per heavy atom. The second kappa shape index (κ2) is 14.5. The maximum atomic E-state index is 15.6. The van der Waals surface area contributed by atoms with Gasteiger partial charge in [0.15, 0.2) is 0 Å². The summed E-state index contributed by atoms with van der Waals surface area (Å²) in [6, 6.07) is 5.41. The highest BCUT2D eigenvalue weighted by molar-refractivity contribution is 8.00. The van der Waals surface area contributed by atoms with Crippen molar-refractivity contribution in [1.82, 2.24) is 19.7 Å². The summed E-state index contributed by atoms with van der Waals surface area (Å²) in [7, 11) is 0. The molecule has 3 aromatic rings. The van der Waals surface area contributed by atoms with E-state index in [0.717, 1.165) is 28.7 Å². The molecule has 5 heterocycles. The third-order valence-corrected chi connectivity index (χ3v) is 11.5. The summed E-state index contributed by atoms with van der Waals surface area (Å²) in [6.07, 6.45) is 4.08. The number of benzene rings is 1. The number of aromatic nitrogens is 1. The van der Waals surface area contributed by atoms with Crippen LogP contribution >= 0.6 is 23.1 Å². The lowest BCUT2D eigenvalue weighted by Gasteiger charge is -2.49. The highest BCUT2D eigenvalue weighted by atomic mass is 32.2. The number of nitrogens with one attached hydrogen (secondary N) is 1. The zero-order chi connectivity index (χ0) is 36.7. The first-order chi connectivity index (χ1) is 25.0. The van der Waals surface area contributed by atoms with Gasteiger partial charge in [-0.15, -0.1) is 23.1 Å². The predicted octanol–water partition coefficient (Wildman–Crippen LogP) is 3.12. The van der Waals surface area contributed by atoms with E-state index in [1.807, 2.05) is 11.4 Å². The van der Waals surface area contributed by atoms with Gasteiger partial charge in [0, 0.05) is 60.0 Å². The number of fused-ring (bicyclic) bond motifs is 2. The van der Waals surface area contributed by atoms with E-state index >= 15 is 4.39 Å². The van der Waals surface area contributed by atoms with Crippen molar-refractivity contribution in [3.05, 3.63) is 86.2 Å². The van der Waals surface area contributed by atoms with Crippen LogP contribution in [0.15, 0.2) is 64.6 Å². The van der Waals surface area contributed by atoms with Crippen LogP contribution in [0.2, 0.25) is 0 Å². The molecule has 3 fully saturated rings. The fourth-order valence-corrected chi connectivity index (χ4v) is 8.60. The van der Waals surface area contributed by atoms with Crippen molar-refractivity contribution in [3.63, 3.8) is 0 Å². The number of nitrogens with zero attached hydrogens (tertiary/aromatic N) is 4.